The van der Waals surface area contributed by atoms with Gasteiger partial charge in [0.2, 0.25) is 0 Å². The maximum Gasteiger partial charge on any atom is 0.158 e. The predicted molar refractivity (Wildman–Crippen MR) is 94.7 cm³/mol. The molecule has 0 saturated carbocycles. The highest BCUT2D eigenvalue weighted by Crippen LogP contribution is 2.25. The van der Waals surface area contributed by atoms with Gasteiger partial charge in [-0.2, -0.15) is 0 Å². The molecular weight excluding hydrogens is 293 g/mol. The zero-order valence-corrected chi connectivity index (χ0v) is 14.1. The van der Waals surface area contributed by atoms with E-state index in [1.54, 1.807) is 26.1 Å². The first-order valence-corrected chi connectivity index (χ1v) is 7.98. The second-order valence-corrected chi connectivity index (χ2v) is 5.50. The second-order valence-electron chi connectivity index (χ2n) is 5.50. The van der Waals surface area contributed by atoms with E-state index in [1.807, 2.05) is 0 Å². The molecular formula is C18H26FN3O. The standard InChI is InChI=1S/C18H26FN3O/c1-4-5-6-8-14-9-7-10-15(11-16(19)18(14)23)17(21-3)12-22-13(2)20/h7,10,12-13,23H,4-6,8,11,20H2,1-3H3/b15-10+,18-16?,21-17?,22-12?. The van der Waals surface area contributed by atoms with Gasteiger partial charge in [-0.05, 0) is 37.5 Å². The molecule has 0 amide bonds. The Morgan fingerprint density at radius 1 is 1.52 bits per heavy atom. The molecule has 1 aliphatic carbocycles. The van der Waals surface area contributed by atoms with Gasteiger partial charge in [-0.1, -0.05) is 19.8 Å². The Morgan fingerprint density at radius 2 is 2.26 bits per heavy atom. The van der Waals surface area contributed by atoms with Gasteiger partial charge in [-0.15, -0.1) is 5.73 Å². The second kappa shape index (κ2) is 9.93. The Labute approximate surface area is 137 Å². The van der Waals surface area contributed by atoms with E-state index in [9.17, 15) is 9.50 Å². The van der Waals surface area contributed by atoms with Crippen molar-refractivity contribution >= 4 is 11.9 Å². The molecule has 1 aliphatic rings. The van der Waals surface area contributed by atoms with Crippen molar-refractivity contribution in [1.82, 2.24) is 0 Å². The lowest BCUT2D eigenvalue weighted by atomic mass is 9.99. The fraction of sp³-hybridized carbons (Fsp3) is 0.500. The molecule has 1 unspecified atom stereocenters. The maximum atomic E-state index is 14.3. The molecule has 23 heavy (non-hydrogen) atoms. The van der Waals surface area contributed by atoms with Crippen molar-refractivity contribution in [3.05, 3.63) is 40.6 Å². The van der Waals surface area contributed by atoms with E-state index in [2.05, 4.69) is 22.6 Å². The Morgan fingerprint density at radius 3 is 2.87 bits per heavy atom. The lowest BCUT2D eigenvalue weighted by Gasteiger charge is -2.11. The van der Waals surface area contributed by atoms with Gasteiger partial charge in [0.05, 0.1) is 11.9 Å². The third-order valence-corrected chi connectivity index (χ3v) is 3.46. The summed E-state index contributed by atoms with van der Waals surface area (Å²) in [6, 6.07) is 0. The van der Waals surface area contributed by atoms with Crippen LogP contribution in [0, 0.1) is 0 Å². The minimum Gasteiger partial charge on any atom is -0.504 e. The predicted octanol–water partition coefficient (Wildman–Crippen LogP) is 4.16. The molecule has 5 heteroatoms. The molecule has 1 rings (SSSR count). The molecule has 126 valence electrons. The van der Waals surface area contributed by atoms with Crippen molar-refractivity contribution in [1.29, 1.82) is 0 Å². The van der Waals surface area contributed by atoms with Crippen LogP contribution >= 0.6 is 0 Å². The summed E-state index contributed by atoms with van der Waals surface area (Å²) in [6.07, 6.45) is 8.24. The fourth-order valence-corrected chi connectivity index (χ4v) is 2.18. The van der Waals surface area contributed by atoms with Gasteiger partial charge in [-0.25, -0.2) is 4.39 Å². The van der Waals surface area contributed by atoms with Crippen LogP contribution in [-0.4, -0.2) is 30.2 Å². The minimum absolute atomic E-state index is 0.0288. The number of nitrogens with two attached hydrogens (primary N) is 1. The molecule has 0 saturated heterocycles. The van der Waals surface area contributed by atoms with E-state index >= 15 is 0 Å². The first-order chi connectivity index (χ1) is 11.0. The first-order valence-electron chi connectivity index (χ1n) is 7.98. The number of aliphatic hydroxyl groups is 1. The average molecular weight is 319 g/mol. The number of aliphatic imine (C=N–C) groups is 2. The van der Waals surface area contributed by atoms with Crippen LogP contribution in [0.25, 0.3) is 0 Å². The van der Waals surface area contributed by atoms with E-state index in [0.717, 1.165) is 19.3 Å². The third kappa shape index (κ3) is 6.35. The average Bonchev–Trinajstić information content (AvgIpc) is 2.51. The summed E-state index contributed by atoms with van der Waals surface area (Å²) in [5.41, 5.74) is 10.2. The zero-order chi connectivity index (χ0) is 17.2. The number of aliphatic hydroxyl groups excluding tert-OH is 1. The van der Waals surface area contributed by atoms with Crippen LogP contribution < -0.4 is 5.73 Å². The summed E-state index contributed by atoms with van der Waals surface area (Å²) in [7, 11) is 1.61. The highest BCUT2D eigenvalue weighted by atomic mass is 19.1. The summed E-state index contributed by atoms with van der Waals surface area (Å²) in [6.45, 7) is 3.84. The Kier molecular flexibility index (Phi) is 8.23. The summed E-state index contributed by atoms with van der Waals surface area (Å²) >= 11 is 0. The smallest absolute Gasteiger partial charge is 0.158 e. The molecule has 0 heterocycles. The van der Waals surface area contributed by atoms with Crippen LogP contribution in [0.2, 0.25) is 0 Å². The Bertz CT molecular complexity index is 591. The van der Waals surface area contributed by atoms with Gasteiger partial charge in [0.15, 0.2) is 5.76 Å². The summed E-state index contributed by atoms with van der Waals surface area (Å²) < 4.78 is 14.3. The number of unbranched alkanes of at least 4 members (excludes halogenated alkanes) is 2. The van der Waals surface area contributed by atoms with Crippen LogP contribution in [0.15, 0.2) is 50.6 Å². The topological polar surface area (TPSA) is 71.0 Å². The van der Waals surface area contributed by atoms with Crippen molar-refractivity contribution in [2.24, 2.45) is 15.7 Å². The molecule has 4 nitrogen and oxygen atoms in total. The third-order valence-electron chi connectivity index (χ3n) is 3.46. The highest BCUT2D eigenvalue weighted by molar-refractivity contribution is 6.38. The summed E-state index contributed by atoms with van der Waals surface area (Å²) in [5, 5.41) is 10.1. The monoisotopic (exact) mass is 319 g/mol. The van der Waals surface area contributed by atoms with Crippen molar-refractivity contribution in [2.75, 3.05) is 7.05 Å². The van der Waals surface area contributed by atoms with Gasteiger partial charge < -0.3 is 10.8 Å². The number of hydrogen-bond donors (Lipinski definition) is 2. The van der Waals surface area contributed by atoms with Crippen molar-refractivity contribution < 1.29 is 9.50 Å². The van der Waals surface area contributed by atoms with E-state index in [1.165, 1.54) is 6.21 Å². The highest BCUT2D eigenvalue weighted by Gasteiger charge is 2.16. The van der Waals surface area contributed by atoms with Crippen LogP contribution in [0.1, 0.15) is 46.0 Å². The van der Waals surface area contributed by atoms with E-state index < -0.39 is 5.83 Å². The normalized spacial score (nSPS) is 20.1. The molecule has 0 radical (unpaired) electrons. The van der Waals surface area contributed by atoms with Gasteiger partial charge in [0.25, 0.3) is 0 Å². The van der Waals surface area contributed by atoms with Crippen LogP contribution in [0.3, 0.4) is 0 Å². The largest absolute Gasteiger partial charge is 0.504 e. The number of hydrogen-bond acceptors (Lipinski definition) is 4. The van der Waals surface area contributed by atoms with Gasteiger partial charge in [0, 0.05) is 25.3 Å². The SMILES string of the molecule is CCCCCC1=C=C/C=C(/C(C=NC(C)N)=NC)CC(F)=C1O. The van der Waals surface area contributed by atoms with Crippen molar-refractivity contribution in [3.63, 3.8) is 0 Å². The number of allylic oxidation sites excluding steroid dienone is 4. The van der Waals surface area contributed by atoms with Crippen LogP contribution in [0.5, 0.6) is 0 Å². The lowest BCUT2D eigenvalue weighted by Crippen LogP contribution is -2.14. The van der Waals surface area contributed by atoms with Gasteiger partial charge >= 0.3 is 0 Å². The Hall–Kier alpha value is -1.97. The molecule has 0 spiro atoms. The molecule has 0 bridgehead atoms. The quantitative estimate of drug-likeness (QED) is 0.420. The number of rotatable bonds is 7. The molecule has 1 atom stereocenters. The number of nitrogens with zero attached hydrogens (tertiary/aromatic N) is 2. The molecule has 0 aliphatic heterocycles. The molecule has 0 aromatic carbocycles. The van der Waals surface area contributed by atoms with E-state index in [-0.39, 0.29) is 18.3 Å². The van der Waals surface area contributed by atoms with E-state index in [0.29, 0.717) is 23.3 Å². The van der Waals surface area contributed by atoms with Gasteiger partial charge in [-0.3, -0.25) is 9.98 Å². The van der Waals surface area contributed by atoms with E-state index in [4.69, 9.17) is 5.73 Å². The maximum absolute atomic E-state index is 14.3. The minimum atomic E-state index is -0.571. The molecule has 3 N–H and O–H groups in total. The fourth-order valence-electron chi connectivity index (χ4n) is 2.18. The van der Waals surface area contributed by atoms with Crippen LogP contribution in [0.4, 0.5) is 4.39 Å². The first kappa shape index (κ1) is 19.1. The van der Waals surface area contributed by atoms with Crippen molar-refractivity contribution in [2.45, 2.75) is 52.1 Å². The van der Waals surface area contributed by atoms with Crippen molar-refractivity contribution in [3.8, 4) is 0 Å². The lowest BCUT2D eigenvalue weighted by molar-refractivity contribution is 0.382. The van der Waals surface area contributed by atoms with Gasteiger partial charge in [0.1, 0.15) is 5.83 Å². The molecule has 0 aromatic rings. The Balaban J connectivity index is 3.07. The molecule has 0 aromatic heterocycles. The molecule has 0 fully saturated rings. The summed E-state index contributed by atoms with van der Waals surface area (Å²) in [4.78, 5) is 8.19. The number of halogens is 1. The van der Waals surface area contributed by atoms with Crippen LogP contribution in [-0.2, 0) is 0 Å². The summed E-state index contributed by atoms with van der Waals surface area (Å²) in [5.74, 6) is -0.874. The zero-order valence-electron chi connectivity index (χ0n) is 14.1.